The monoisotopic (exact) mass is 500 g/mol. The minimum absolute atomic E-state index is 0. The van der Waals surface area contributed by atoms with Crippen LogP contribution in [0.25, 0.3) is 0 Å². The first kappa shape index (κ1) is 23.2. The smallest absolute Gasteiger partial charge is 0.191 e. The number of pyridine rings is 1. The molecule has 2 N–H and O–H groups in total. The summed E-state index contributed by atoms with van der Waals surface area (Å²) in [5, 5.41) is 7.11. The zero-order chi connectivity index (χ0) is 18.9. The molecule has 1 atom stereocenters. The van der Waals surface area contributed by atoms with Crippen LogP contribution in [0.5, 0.6) is 0 Å². The van der Waals surface area contributed by atoms with E-state index in [1.165, 1.54) is 25.8 Å². The predicted octanol–water partition coefficient (Wildman–Crippen LogP) is 3.10. The maximum absolute atomic E-state index is 4.93. The van der Waals surface area contributed by atoms with Gasteiger partial charge in [0.2, 0.25) is 0 Å². The summed E-state index contributed by atoms with van der Waals surface area (Å²) >= 11 is 0. The summed E-state index contributed by atoms with van der Waals surface area (Å²) in [6.07, 6.45) is 8.06. The Morgan fingerprint density at radius 1 is 1.14 bits per heavy atom. The number of piperidine rings is 2. The Morgan fingerprint density at radius 2 is 1.96 bits per heavy atom. The molecule has 0 amide bonds. The average Bonchev–Trinajstić information content (AvgIpc) is 2.73. The van der Waals surface area contributed by atoms with Crippen molar-refractivity contribution in [1.82, 2.24) is 20.5 Å². The van der Waals surface area contributed by atoms with E-state index in [0.29, 0.717) is 12.1 Å². The Labute approximate surface area is 187 Å². The van der Waals surface area contributed by atoms with Crippen LogP contribution in [0.4, 0.5) is 5.82 Å². The molecule has 2 saturated heterocycles. The number of aromatic nitrogens is 1. The van der Waals surface area contributed by atoms with Crippen molar-refractivity contribution in [3.05, 3.63) is 24.4 Å². The fraction of sp³-hybridized carbons (Fsp3) is 0.714. The molecule has 3 heterocycles. The van der Waals surface area contributed by atoms with Crippen LogP contribution in [0.15, 0.2) is 29.4 Å². The molecule has 1 aromatic rings. The Hall–Kier alpha value is -1.09. The third-order valence-electron chi connectivity index (χ3n) is 5.77. The average molecular weight is 500 g/mol. The van der Waals surface area contributed by atoms with E-state index < -0.39 is 0 Å². The van der Waals surface area contributed by atoms with Crippen LogP contribution in [0.2, 0.25) is 0 Å². The number of rotatable bonds is 6. The number of likely N-dealkylation sites (N-methyl/N-ethyl adjacent to an activating group) is 1. The molecule has 6 nitrogen and oxygen atoms in total. The topological polar surface area (TPSA) is 55.8 Å². The summed E-state index contributed by atoms with van der Waals surface area (Å²) in [5.41, 5.74) is 0. The first-order valence-electron chi connectivity index (χ1n) is 10.7. The highest BCUT2D eigenvalue weighted by molar-refractivity contribution is 14.0. The summed E-state index contributed by atoms with van der Waals surface area (Å²) in [6.45, 7) is 10.7. The third-order valence-corrected chi connectivity index (χ3v) is 5.77. The Morgan fingerprint density at radius 3 is 2.64 bits per heavy atom. The van der Waals surface area contributed by atoms with Gasteiger partial charge in [0, 0.05) is 37.9 Å². The molecule has 2 aliphatic rings. The fourth-order valence-electron chi connectivity index (χ4n) is 4.19. The number of hydrogen-bond donors (Lipinski definition) is 2. The lowest BCUT2D eigenvalue weighted by molar-refractivity contribution is 0.161. The molecule has 3 rings (SSSR count). The van der Waals surface area contributed by atoms with Crippen LogP contribution in [-0.2, 0) is 0 Å². The summed E-state index contributed by atoms with van der Waals surface area (Å²) < 4.78 is 0. The summed E-state index contributed by atoms with van der Waals surface area (Å²) in [7, 11) is 0. The van der Waals surface area contributed by atoms with Crippen LogP contribution in [0.3, 0.4) is 0 Å². The number of halogens is 1. The lowest BCUT2D eigenvalue weighted by Crippen LogP contribution is -2.49. The normalized spacial score (nSPS) is 21.9. The number of anilines is 1. The minimum Gasteiger partial charge on any atom is -0.357 e. The van der Waals surface area contributed by atoms with Crippen molar-refractivity contribution in [2.24, 2.45) is 4.99 Å². The molecule has 0 saturated carbocycles. The van der Waals surface area contributed by atoms with E-state index in [1.807, 2.05) is 12.3 Å². The molecule has 2 aliphatic heterocycles. The lowest BCUT2D eigenvalue weighted by Gasteiger charge is -2.35. The van der Waals surface area contributed by atoms with Gasteiger partial charge in [0.25, 0.3) is 0 Å². The van der Waals surface area contributed by atoms with E-state index in [2.05, 4.69) is 51.4 Å². The van der Waals surface area contributed by atoms with Gasteiger partial charge in [0.05, 0.1) is 6.54 Å². The Bertz CT molecular complexity index is 574. The van der Waals surface area contributed by atoms with Crippen LogP contribution >= 0.6 is 24.0 Å². The molecule has 28 heavy (non-hydrogen) atoms. The van der Waals surface area contributed by atoms with Crippen LogP contribution in [-0.4, -0.2) is 67.2 Å². The number of aliphatic imine (C=N–C) groups is 1. The Balaban J connectivity index is 0.00000280. The van der Waals surface area contributed by atoms with Gasteiger partial charge in [0.1, 0.15) is 5.82 Å². The zero-order valence-corrected chi connectivity index (χ0v) is 19.8. The third kappa shape index (κ3) is 6.76. The molecule has 7 heteroatoms. The number of hydrogen-bond acceptors (Lipinski definition) is 4. The van der Waals surface area contributed by atoms with Crippen molar-refractivity contribution in [2.75, 3.05) is 44.2 Å². The van der Waals surface area contributed by atoms with Gasteiger partial charge in [-0.1, -0.05) is 19.4 Å². The molecule has 0 spiro atoms. The number of nitrogens with one attached hydrogen (secondary N) is 2. The second-order valence-corrected chi connectivity index (χ2v) is 7.59. The number of guanidine groups is 1. The van der Waals surface area contributed by atoms with Crippen LogP contribution in [0, 0.1) is 0 Å². The summed E-state index contributed by atoms with van der Waals surface area (Å²) in [4.78, 5) is 14.4. The van der Waals surface area contributed by atoms with E-state index in [4.69, 9.17) is 4.99 Å². The van der Waals surface area contributed by atoms with Gasteiger partial charge in [-0.05, 0) is 57.8 Å². The van der Waals surface area contributed by atoms with Crippen molar-refractivity contribution in [1.29, 1.82) is 0 Å². The quantitative estimate of drug-likeness (QED) is 0.357. The molecule has 0 aliphatic carbocycles. The second-order valence-electron chi connectivity index (χ2n) is 7.59. The SMILES string of the molecule is CCNC(=NCC1CCCCN1CC)NC1CCN(c2ccccn2)CC1.I. The van der Waals surface area contributed by atoms with E-state index in [-0.39, 0.29) is 24.0 Å². The maximum Gasteiger partial charge on any atom is 0.191 e. The van der Waals surface area contributed by atoms with E-state index >= 15 is 0 Å². The van der Waals surface area contributed by atoms with Gasteiger partial charge in [-0.25, -0.2) is 4.98 Å². The molecular weight excluding hydrogens is 463 g/mol. The molecule has 158 valence electrons. The van der Waals surface area contributed by atoms with Gasteiger partial charge < -0.3 is 15.5 Å². The molecule has 0 radical (unpaired) electrons. The van der Waals surface area contributed by atoms with Crippen LogP contribution < -0.4 is 15.5 Å². The van der Waals surface area contributed by atoms with Gasteiger partial charge in [-0.15, -0.1) is 24.0 Å². The molecule has 0 bridgehead atoms. The molecule has 1 unspecified atom stereocenters. The van der Waals surface area contributed by atoms with Gasteiger partial charge in [-0.2, -0.15) is 0 Å². The lowest BCUT2D eigenvalue weighted by atomic mass is 10.0. The maximum atomic E-state index is 4.93. The first-order chi connectivity index (χ1) is 13.3. The van der Waals surface area contributed by atoms with Crippen molar-refractivity contribution >= 4 is 35.8 Å². The van der Waals surface area contributed by atoms with Crippen molar-refractivity contribution < 1.29 is 0 Å². The van der Waals surface area contributed by atoms with Gasteiger partial charge >= 0.3 is 0 Å². The zero-order valence-electron chi connectivity index (χ0n) is 17.4. The highest BCUT2D eigenvalue weighted by Gasteiger charge is 2.22. The summed E-state index contributed by atoms with van der Waals surface area (Å²) in [5.74, 6) is 2.07. The highest BCUT2D eigenvalue weighted by Crippen LogP contribution is 2.18. The number of likely N-dealkylation sites (tertiary alicyclic amines) is 1. The second kappa shape index (κ2) is 12.5. The molecule has 1 aromatic heterocycles. The predicted molar refractivity (Wildman–Crippen MR) is 129 cm³/mol. The standard InChI is InChI=1S/C21H36N6.HI/c1-3-22-21(24-17-19-9-6-8-14-26(19)4-2)25-18-11-15-27(16-12-18)20-10-5-7-13-23-20;/h5,7,10,13,18-19H,3-4,6,8-9,11-12,14-17H2,1-2H3,(H2,22,24,25);1H. The van der Waals surface area contributed by atoms with Crippen molar-refractivity contribution in [3.63, 3.8) is 0 Å². The highest BCUT2D eigenvalue weighted by atomic mass is 127. The van der Waals surface area contributed by atoms with E-state index in [9.17, 15) is 0 Å². The number of nitrogens with zero attached hydrogens (tertiary/aromatic N) is 4. The van der Waals surface area contributed by atoms with Crippen molar-refractivity contribution in [2.45, 2.75) is 58.0 Å². The van der Waals surface area contributed by atoms with Gasteiger partial charge in [-0.3, -0.25) is 9.89 Å². The first-order valence-corrected chi connectivity index (χ1v) is 10.7. The largest absolute Gasteiger partial charge is 0.357 e. The molecule has 0 aromatic carbocycles. The van der Waals surface area contributed by atoms with E-state index in [0.717, 1.165) is 57.3 Å². The Kier molecular flexibility index (Phi) is 10.3. The molecule has 2 fully saturated rings. The fourth-order valence-corrected chi connectivity index (χ4v) is 4.19. The van der Waals surface area contributed by atoms with Gasteiger partial charge in [0.15, 0.2) is 5.96 Å². The van der Waals surface area contributed by atoms with Crippen LogP contribution in [0.1, 0.15) is 46.0 Å². The minimum atomic E-state index is 0. The molecular formula is C21H37IN6. The van der Waals surface area contributed by atoms with E-state index in [1.54, 1.807) is 0 Å². The van der Waals surface area contributed by atoms with Crippen molar-refractivity contribution in [3.8, 4) is 0 Å². The summed E-state index contributed by atoms with van der Waals surface area (Å²) in [6, 6.07) is 7.22.